The number of piperidine rings is 1. The third-order valence-corrected chi connectivity index (χ3v) is 3.56. The van der Waals surface area contributed by atoms with Crippen molar-refractivity contribution in [2.24, 2.45) is 17.0 Å². The van der Waals surface area contributed by atoms with Crippen molar-refractivity contribution >= 4 is 12.1 Å². The van der Waals surface area contributed by atoms with Crippen LogP contribution in [0.15, 0.2) is 29.4 Å². The zero-order valence-corrected chi connectivity index (χ0v) is 12.5. The van der Waals surface area contributed by atoms with Crippen molar-refractivity contribution in [1.29, 1.82) is 0 Å². The number of carbonyl (C=O) groups is 1. The molecule has 1 saturated heterocycles. The molecule has 0 saturated carbocycles. The number of amides is 1. The largest absolute Gasteiger partial charge is 0.386 e. The fraction of sp³-hybridized carbons (Fsp3) is 0.500. The summed E-state index contributed by atoms with van der Waals surface area (Å²) in [6.45, 7) is 5.83. The second kappa shape index (κ2) is 7.20. The van der Waals surface area contributed by atoms with E-state index in [1.165, 1.54) is 18.3 Å². The number of carbonyl (C=O) groups excluding carboxylic acids is 1. The van der Waals surface area contributed by atoms with Crippen LogP contribution in [-0.4, -0.2) is 36.7 Å². The van der Waals surface area contributed by atoms with Gasteiger partial charge in [0.05, 0.1) is 6.21 Å². The monoisotopic (exact) mass is 292 g/mol. The molecule has 0 bridgehead atoms. The van der Waals surface area contributed by atoms with Gasteiger partial charge in [-0.25, -0.2) is 4.39 Å². The van der Waals surface area contributed by atoms with Crippen molar-refractivity contribution in [3.8, 4) is 0 Å². The molecule has 1 aromatic rings. The second-order valence-corrected chi connectivity index (χ2v) is 5.80. The highest BCUT2D eigenvalue weighted by atomic mass is 19.1. The first-order valence-electron chi connectivity index (χ1n) is 7.23. The number of oxime groups is 1. The summed E-state index contributed by atoms with van der Waals surface area (Å²) in [5, 5.41) is 3.75. The van der Waals surface area contributed by atoms with Crippen molar-refractivity contribution in [3.05, 3.63) is 35.6 Å². The highest BCUT2D eigenvalue weighted by molar-refractivity contribution is 5.79. The maximum atomic E-state index is 12.7. The molecule has 1 aliphatic rings. The average molecular weight is 292 g/mol. The van der Waals surface area contributed by atoms with Crippen molar-refractivity contribution < 1.29 is 14.0 Å². The molecule has 2 atom stereocenters. The van der Waals surface area contributed by atoms with Crippen LogP contribution in [0.5, 0.6) is 0 Å². The highest BCUT2D eigenvalue weighted by Gasteiger charge is 2.25. The van der Waals surface area contributed by atoms with E-state index in [1.807, 2.05) is 4.90 Å². The molecule has 2 rings (SSSR count). The van der Waals surface area contributed by atoms with Gasteiger partial charge in [0, 0.05) is 13.1 Å². The molecular formula is C16H21FN2O2. The van der Waals surface area contributed by atoms with Gasteiger partial charge in [-0.2, -0.15) is 0 Å². The first-order valence-corrected chi connectivity index (χ1v) is 7.23. The molecule has 0 aromatic heterocycles. The summed E-state index contributed by atoms with van der Waals surface area (Å²) in [4.78, 5) is 18.9. The Bertz CT molecular complexity index is 492. The summed E-state index contributed by atoms with van der Waals surface area (Å²) < 4.78 is 12.7. The Kier molecular flexibility index (Phi) is 5.31. The highest BCUT2D eigenvalue weighted by Crippen LogP contribution is 2.20. The van der Waals surface area contributed by atoms with Crippen molar-refractivity contribution in [3.63, 3.8) is 0 Å². The lowest BCUT2D eigenvalue weighted by atomic mass is 9.92. The van der Waals surface area contributed by atoms with E-state index < -0.39 is 0 Å². The Morgan fingerprint density at radius 1 is 1.33 bits per heavy atom. The number of rotatable bonds is 4. The van der Waals surface area contributed by atoms with E-state index in [4.69, 9.17) is 4.84 Å². The fourth-order valence-electron chi connectivity index (χ4n) is 2.70. The Balaban J connectivity index is 1.77. The third kappa shape index (κ3) is 4.85. The normalized spacial score (nSPS) is 22.5. The fourth-order valence-corrected chi connectivity index (χ4v) is 2.70. The standard InChI is InChI=1S/C16H21FN2O2/c1-12-7-13(2)10-19(9-12)16(20)11-21-18-8-14-3-5-15(17)6-4-14/h3-6,8,12-13H,7,9-11H2,1-2H3/b18-8+. The Morgan fingerprint density at radius 3 is 2.57 bits per heavy atom. The van der Waals surface area contributed by atoms with E-state index in [-0.39, 0.29) is 18.3 Å². The predicted molar refractivity (Wildman–Crippen MR) is 79.5 cm³/mol. The quantitative estimate of drug-likeness (QED) is 0.632. The Morgan fingerprint density at radius 2 is 1.95 bits per heavy atom. The van der Waals surface area contributed by atoms with Gasteiger partial charge in [0.2, 0.25) is 0 Å². The number of likely N-dealkylation sites (tertiary alicyclic amines) is 1. The molecule has 0 aliphatic carbocycles. The molecule has 1 fully saturated rings. The minimum Gasteiger partial charge on any atom is -0.386 e. The van der Waals surface area contributed by atoms with Gasteiger partial charge in [-0.1, -0.05) is 31.1 Å². The molecule has 4 nitrogen and oxygen atoms in total. The lowest BCUT2D eigenvalue weighted by molar-refractivity contribution is -0.138. The minimum atomic E-state index is -0.295. The van der Waals surface area contributed by atoms with E-state index in [2.05, 4.69) is 19.0 Å². The molecule has 1 heterocycles. The molecule has 1 aromatic carbocycles. The zero-order valence-electron chi connectivity index (χ0n) is 12.5. The number of halogens is 1. The lowest BCUT2D eigenvalue weighted by Gasteiger charge is -2.34. The van der Waals surface area contributed by atoms with Crippen LogP contribution >= 0.6 is 0 Å². The molecule has 0 N–H and O–H groups in total. The third-order valence-electron chi connectivity index (χ3n) is 3.56. The molecule has 1 amide bonds. The van der Waals surface area contributed by atoms with Gasteiger partial charge in [0.15, 0.2) is 6.61 Å². The first kappa shape index (κ1) is 15.5. The van der Waals surface area contributed by atoms with Crippen molar-refractivity contribution in [1.82, 2.24) is 4.90 Å². The number of hydrogen-bond acceptors (Lipinski definition) is 3. The van der Waals surface area contributed by atoms with Gasteiger partial charge in [0.1, 0.15) is 5.82 Å². The summed E-state index contributed by atoms with van der Waals surface area (Å²) in [7, 11) is 0. The lowest BCUT2D eigenvalue weighted by Crippen LogP contribution is -2.44. The Labute approximate surface area is 124 Å². The summed E-state index contributed by atoms with van der Waals surface area (Å²) in [5.41, 5.74) is 0.726. The smallest absolute Gasteiger partial charge is 0.263 e. The van der Waals surface area contributed by atoms with Crippen molar-refractivity contribution in [2.75, 3.05) is 19.7 Å². The first-order chi connectivity index (χ1) is 10.0. The van der Waals surface area contributed by atoms with E-state index in [9.17, 15) is 9.18 Å². The summed E-state index contributed by atoms with van der Waals surface area (Å²) in [6.07, 6.45) is 2.63. The molecule has 114 valence electrons. The number of nitrogens with zero attached hydrogens (tertiary/aromatic N) is 2. The van der Waals surface area contributed by atoms with Crippen LogP contribution < -0.4 is 0 Å². The van der Waals surface area contributed by atoms with Crippen LogP contribution in [0.1, 0.15) is 25.8 Å². The molecule has 2 unspecified atom stereocenters. The van der Waals surface area contributed by atoms with Crippen LogP contribution in [0.25, 0.3) is 0 Å². The molecular weight excluding hydrogens is 271 g/mol. The summed E-state index contributed by atoms with van der Waals surface area (Å²) >= 11 is 0. The van der Waals surface area contributed by atoms with Crippen molar-refractivity contribution in [2.45, 2.75) is 20.3 Å². The van der Waals surface area contributed by atoms with Gasteiger partial charge in [-0.15, -0.1) is 0 Å². The molecule has 5 heteroatoms. The van der Waals surface area contributed by atoms with E-state index in [0.717, 1.165) is 25.1 Å². The molecule has 21 heavy (non-hydrogen) atoms. The summed E-state index contributed by atoms with van der Waals surface area (Å²) in [6, 6.07) is 5.89. The molecule has 0 spiro atoms. The molecule has 1 aliphatic heterocycles. The van der Waals surface area contributed by atoms with Crippen LogP contribution in [0.3, 0.4) is 0 Å². The number of benzene rings is 1. The van der Waals surface area contributed by atoms with E-state index in [1.54, 1.807) is 12.1 Å². The second-order valence-electron chi connectivity index (χ2n) is 5.80. The molecule has 0 radical (unpaired) electrons. The van der Waals surface area contributed by atoms with Gasteiger partial charge in [-0.05, 0) is 36.0 Å². The average Bonchev–Trinajstić information content (AvgIpc) is 2.44. The van der Waals surface area contributed by atoms with Gasteiger partial charge < -0.3 is 9.74 Å². The van der Waals surface area contributed by atoms with E-state index in [0.29, 0.717) is 11.8 Å². The van der Waals surface area contributed by atoms with Gasteiger partial charge in [0.25, 0.3) is 5.91 Å². The van der Waals surface area contributed by atoms with Crippen LogP contribution in [0.4, 0.5) is 4.39 Å². The maximum absolute atomic E-state index is 12.7. The zero-order chi connectivity index (χ0) is 15.2. The maximum Gasteiger partial charge on any atom is 0.263 e. The predicted octanol–water partition coefficient (Wildman–Crippen LogP) is 2.68. The topological polar surface area (TPSA) is 41.9 Å². The number of hydrogen-bond donors (Lipinski definition) is 0. The van der Waals surface area contributed by atoms with Crippen LogP contribution in [0, 0.1) is 17.7 Å². The van der Waals surface area contributed by atoms with Gasteiger partial charge >= 0.3 is 0 Å². The van der Waals surface area contributed by atoms with Gasteiger partial charge in [-0.3, -0.25) is 4.79 Å². The summed E-state index contributed by atoms with van der Waals surface area (Å²) in [5.74, 6) is 0.724. The minimum absolute atomic E-state index is 0.0374. The SMILES string of the molecule is CC1CC(C)CN(C(=O)CO/N=C/c2ccc(F)cc2)C1. The van der Waals surface area contributed by atoms with Crippen LogP contribution in [0.2, 0.25) is 0 Å². The van der Waals surface area contributed by atoms with E-state index >= 15 is 0 Å². The van der Waals surface area contributed by atoms with Crippen LogP contribution in [-0.2, 0) is 9.63 Å². The Hall–Kier alpha value is -1.91.